The molecule has 0 heterocycles. The van der Waals surface area contributed by atoms with Crippen molar-refractivity contribution in [2.45, 2.75) is 24.8 Å². The third kappa shape index (κ3) is 2.17. The standard InChI is InChI=1S/C7H9NO5/c9-4(3-5(10)11)8-7(1-2-7)6(12)13/h1-3H2,(H,8,9)(H,10,11)(H,12,13). The summed E-state index contributed by atoms with van der Waals surface area (Å²) >= 11 is 0. The van der Waals surface area contributed by atoms with Gasteiger partial charge in [-0.25, -0.2) is 4.79 Å². The van der Waals surface area contributed by atoms with Crippen molar-refractivity contribution in [1.29, 1.82) is 0 Å². The summed E-state index contributed by atoms with van der Waals surface area (Å²) in [7, 11) is 0. The molecule has 1 rings (SSSR count). The van der Waals surface area contributed by atoms with E-state index in [-0.39, 0.29) is 0 Å². The van der Waals surface area contributed by atoms with Crippen molar-refractivity contribution in [2.24, 2.45) is 0 Å². The van der Waals surface area contributed by atoms with Crippen LogP contribution in [0.3, 0.4) is 0 Å². The fourth-order valence-corrected chi connectivity index (χ4v) is 0.966. The maximum atomic E-state index is 10.9. The molecule has 1 aliphatic rings. The van der Waals surface area contributed by atoms with E-state index in [1.54, 1.807) is 0 Å². The summed E-state index contributed by atoms with van der Waals surface area (Å²) in [6.07, 6.45) is 0.0520. The third-order valence-electron chi connectivity index (χ3n) is 1.85. The molecule has 0 bridgehead atoms. The molecule has 6 heteroatoms. The second kappa shape index (κ2) is 3.04. The molecule has 0 aromatic carbocycles. The number of carboxylic acids is 2. The molecule has 0 aromatic heterocycles. The minimum atomic E-state index is -1.27. The van der Waals surface area contributed by atoms with Crippen molar-refractivity contribution in [3.8, 4) is 0 Å². The van der Waals surface area contributed by atoms with Crippen molar-refractivity contribution in [2.75, 3.05) is 0 Å². The first-order valence-electron chi connectivity index (χ1n) is 3.72. The molecule has 0 atom stereocenters. The van der Waals surface area contributed by atoms with E-state index in [9.17, 15) is 14.4 Å². The molecule has 3 N–H and O–H groups in total. The van der Waals surface area contributed by atoms with Gasteiger partial charge < -0.3 is 15.5 Å². The van der Waals surface area contributed by atoms with Crippen LogP contribution in [0, 0.1) is 0 Å². The third-order valence-corrected chi connectivity index (χ3v) is 1.85. The Balaban J connectivity index is 2.45. The Kier molecular flexibility index (Phi) is 2.22. The predicted octanol–water partition coefficient (Wildman–Crippen LogP) is -0.806. The summed E-state index contributed by atoms with van der Waals surface area (Å²) in [5.41, 5.74) is -1.19. The number of hydrogen-bond donors (Lipinski definition) is 3. The number of nitrogens with one attached hydrogen (secondary N) is 1. The minimum Gasteiger partial charge on any atom is -0.481 e. The lowest BCUT2D eigenvalue weighted by Crippen LogP contribution is -2.43. The summed E-state index contributed by atoms with van der Waals surface area (Å²) < 4.78 is 0. The van der Waals surface area contributed by atoms with Crippen molar-refractivity contribution >= 4 is 17.8 Å². The zero-order valence-corrected chi connectivity index (χ0v) is 6.74. The molecule has 13 heavy (non-hydrogen) atoms. The van der Waals surface area contributed by atoms with E-state index >= 15 is 0 Å². The molecule has 0 aliphatic heterocycles. The number of carbonyl (C=O) groups is 3. The maximum Gasteiger partial charge on any atom is 0.329 e. The van der Waals surface area contributed by atoms with E-state index in [4.69, 9.17) is 10.2 Å². The SMILES string of the molecule is O=C(O)CC(=O)NC1(C(=O)O)CC1. The first-order valence-corrected chi connectivity index (χ1v) is 3.72. The van der Waals surface area contributed by atoms with Gasteiger partial charge in [-0.3, -0.25) is 9.59 Å². The Morgan fingerprint density at radius 3 is 2.08 bits per heavy atom. The Morgan fingerprint density at radius 1 is 1.23 bits per heavy atom. The largest absolute Gasteiger partial charge is 0.481 e. The van der Waals surface area contributed by atoms with Gasteiger partial charge >= 0.3 is 11.9 Å². The molecule has 1 fully saturated rings. The Labute approximate surface area is 73.5 Å². The predicted molar refractivity (Wildman–Crippen MR) is 40.0 cm³/mol. The molecule has 1 amide bonds. The number of hydrogen-bond acceptors (Lipinski definition) is 3. The van der Waals surface area contributed by atoms with Gasteiger partial charge in [-0.1, -0.05) is 0 Å². The van der Waals surface area contributed by atoms with Crippen LogP contribution < -0.4 is 5.32 Å². The fraction of sp³-hybridized carbons (Fsp3) is 0.571. The van der Waals surface area contributed by atoms with Crippen molar-refractivity contribution in [3.63, 3.8) is 0 Å². The van der Waals surface area contributed by atoms with Gasteiger partial charge in [0.2, 0.25) is 5.91 Å². The summed E-state index contributed by atoms with van der Waals surface area (Å²) in [4.78, 5) is 31.5. The van der Waals surface area contributed by atoms with Crippen LogP contribution in [0.1, 0.15) is 19.3 Å². The second-order valence-electron chi connectivity index (χ2n) is 3.01. The average Bonchev–Trinajstić information content (AvgIpc) is 2.66. The van der Waals surface area contributed by atoms with Gasteiger partial charge in [0.25, 0.3) is 0 Å². The topological polar surface area (TPSA) is 104 Å². The van der Waals surface area contributed by atoms with E-state index < -0.39 is 29.8 Å². The van der Waals surface area contributed by atoms with E-state index in [1.807, 2.05) is 0 Å². The molecule has 1 aliphatic carbocycles. The van der Waals surface area contributed by atoms with Crippen LogP contribution in [-0.2, 0) is 14.4 Å². The van der Waals surface area contributed by atoms with Crippen LogP contribution in [0.2, 0.25) is 0 Å². The van der Waals surface area contributed by atoms with Crippen LogP contribution in [0.5, 0.6) is 0 Å². The van der Waals surface area contributed by atoms with E-state index in [0.717, 1.165) is 0 Å². The monoisotopic (exact) mass is 187 g/mol. The lowest BCUT2D eigenvalue weighted by atomic mass is 10.2. The molecule has 0 saturated heterocycles. The number of aliphatic carboxylic acids is 2. The van der Waals surface area contributed by atoms with Crippen molar-refractivity contribution in [1.82, 2.24) is 5.32 Å². The number of amides is 1. The van der Waals surface area contributed by atoms with Crippen LogP contribution >= 0.6 is 0 Å². The van der Waals surface area contributed by atoms with E-state index in [2.05, 4.69) is 5.32 Å². The lowest BCUT2D eigenvalue weighted by molar-refractivity contribution is -0.146. The Bertz CT molecular complexity index is 268. The highest BCUT2D eigenvalue weighted by molar-refractivity contribution is 5.97. The molecule has 1 saturated carbocycles. The fourth-order valence-electron chi connectivity index (χ4n) is 0.966. The second-order valence-corrected chi connectivity index (χ2v) is 3.01. The van der Waals surface area contributed by atoms with Crippen molar-refractivity contribution < 1.29 is 24.6 Å². The van der Waals surface area contributed by atoms with Crippen LogP contribution in [-0.4, -0.2) is 33.6 Å². The Hall–Kier alpha value is -1.59. The number of carbonyl (C=O) groups excluding carboxylic acids is 1. The van der Waals surface area contributed by atoms with Gasteiger partial charge in [0.15, 0.2) is 0 Å². The van der Waals surface area contributed by atoms with Crippen LogP contribution in [0.4, 0.5) is 0 Å². The first kappa shape index (κ1) is 9.50. The van der Waals surface area contributed by atoms with Crippen molar-refractivity contribution in [3.05, 3.63) is 0 Å². The van der Waals surface area contributed by atoms with Gasteiger partial charge in [0, 0.05) is 0 Å². The highest BCUT2D eigenvalue weighted by Crippen LogP contribution is 2.35. The van der Waals surface area contributed by atoms with Gasteiger partial charge in [0.1, 0.15) is 12.0 Å². The molecular formula is C7H9NO5. The first-order chi connectivity index (χ1) is 5.96. The van der Waals surface area contributed by atoms with Gasteiger partial charge in [-0.05, 0) is 12.8 Å². The molecule has 72 valence electrons. The van der Waals surface area contributed by atoms with Gasteiger partial charge in [-0.2, -0.15) is 0 Å². The Morgan fingerprint density at radius 2 is 1.77 bits per heavy atom. The smallest absolute Gasteiger partial charge is 0.329 e. The number of carboxylic acid groups (broad SMARTS) is 2. The van der Waals surface area contributed by atoms with Gasteiger partial charge in [0.05, 0.1) is 0 Å². The summed E-state index contributed by atoms with van der Waals surface area (Å²) in [6.45, 7) is 0. The molecule has 0 aromatic rings. The molecule has 0 unspecified atom stereocenters. The molecular weight excluding hydrogens is 178 g/mol. The molecule has 0 spiro atoms. The quantitative estimate of drug-likeness (QED) is 0.499. The highest BCUT2D eigenvalue weighted by atomic mass is 16.4. The normalized spacial score (nSPS) is 17.5. The number of rotatable bonds is 4. The van der Waals surface area contributed by atoms with Gasteiger partial charge in [-0.15, -0.1) is 0 Å². The molecule has 6 nitrogen and oxygen atoms in total. The summed E-state index contributed by atoms with van der Waals surface area (Å²) in [6, 6.07) is 0. The van der Waals surface area contributed by atoms with Crippen LogP contribution in [0.25, 0.3) is 0 Å². The zero-order chi connectivity index (χ0) is 10.1. The van der Waals surface area contributed by atoms with Crippen LogP contribution in [0.15, 0.2) is 0 Å². The zero-order valence-electron chi connectivity index (χ0n) is 6.74. The van der Waals surface area contributed by atoms with E-state index in [0.29, 0.717) is 12.8 Å². The minimum absolute atomic E-state index is 0.369. The lowest BCUT2D eigenvalue weighted by Gasteiger charge is -2.10. The molecule has 0 radical (unpaired) electrons. The highest BCUT2D eigenvalue weighted by Gasteiger charge is 2.51. The average molecular weight is 187 g/mol. The van der Waals surface area contributed by atoms with E-state index in [1.165, 1.54) is 0 Å². The summed E-state index contributed by atoms with van der Waals surface area (Å²) in [5.74, 6) is -3.13. The summed E-state index contributed by atoms with van der Waals surface area (Å²) in [5, 5.41) is 19.0. The maximum absolute atomic E-state index is 10.9.